The van der Waals surface area contributed by atoms with Gasteiger partial charge in [-0.25, -0.2) is 8.42 Å². The number of sulfonamides is 1. The lowest BCUT2D eigenvalue weighted by Crippen LogP contribution is -2.43. The van der Waals surface area contributed by atoms with Gasteiger partial charge in [-0.2, -0.15) is 4.31 Å². The molecule has 9 heteroatoms. The molecule has 2 aromatic rings. The number of methoxy groups -OCH3 is 1. The first kappa shape index (κ1) is 24.5. The molecule has 1 aliphatic rings. The smallest absolute Gasteiger partial charge is 0.244 e. The fourth-order valence-corrected chi connectivity index (χ4v) is 6.48. The maximum Gasteiger partial charge on any atom is 0.244 e. The number of benzene rings is 2. The minimum absolute atomic E-state index is 0.263. The number of hydrogen-bond acceptors (Lipinski definition) is 5. The van der Waals surface area contributed by atoms with Crippen LogP contribution in [0.3, 0.4) is 0 Å². The van der Waals surface area contributed by atoms with Gasteiger partial charge in [0.2, 0.25) is 15.9 Å². The largest absolute Gasteiger partial charge is 0.487 e. The molecule has 174 valence electrons. The van der Waals surface area contributed by atoms with E-state index in [9.17, 15) is 13.2 Å². The number of anilines is 1. The predicted molar refractivity (Wildman–Crippen MR) is 125 cm³/mol. The van der Waals surface area contributed by atoms with Crippen molar-refractivity contribution in [1.82, 2.24) is 4.31 Å². The maximum absolute atomic E-state index is 13.5. The molecule has 1 fully saturated rings. The van der Waals surface area contributed by atoms with Gasteiger partial charge in [0.1, 0.15) is 12.6 Å². The van der Waals surface area contributed by atoms with Crippen molar-refractivity contribution < 1.29 is 22.7 Å². The van der Waals surface area contributed by atoms with E-state index in [1.54, 1.807) is 39.2 Å². The average Bonchev–Trinajstić information content (AvgIpc) is 3.20. The van der Waals surface area contributed by atoms with E-state index in [2.05, 4.69) is 5.32 Å². The fourth-order valence-electron chi connectivity index (χ4n) is 4.18. The zero-order valence-electron chi connectivity index (χ0n) is 18.8. The minimum atomic E-state index is -3.84. The summed E-state index contributed by atoms with van der Waals surface area (Å²) >= 11 is 6.26. The Bertz CT molecular complexity index is 1080. The van der Waals surface area contributed by atoms with Gasteiger partial charge in [0, 0.05) is 13.7 Å². The van der Waals surface area contributed by atoms with E-state index in [4.69, 9.17) is 21.1 Å². The Kier molecular flexibility index (Phi) is 7.82. The van der Waals surface area contributed by atoms with Crippen LogP contribution in [0.4, 0.5) is 5.69 Å². The van der Waals surface area contributed by atoms with Gasteiger partial charge in [-0.3, -0.25) is 4.79 Å². The van der Waals surface area contributed by atoms with Gasteiger partial charge in [0.05, 0.1) is 22.2 Å². The van der Waals surface area contributed by atoms with Crippen LogP contribution in [0.5, 0.6) is 5.75 Å². The number of aryl methyl sites for hydroxylation is 3. The van der Waals surface area contributed by atoms with Crippen molar-refractivity contribution in [3.8, 4) is 5.75 Å². The summed E-state index contributed by atoms with van der Waals surface area (Å²) in [6.45, 7) is 6.42. The second kappa shape index (κ2) is 10.2. The summed E-state index contributed by atoms with van der Waals surface area (Å²) in [7, 11) is -2.28. The number of carbonyl (C=O) groups is 1. The lowest BCUT2D eigenvalue weighted by molar-refractivity contribution is -0.119. The monoisotopic (exact) mass is 480 g/mol. The lowest BCUT2D eigenvalue weighted by Gasteiger charge is -2.25. The van der Waals surface area contributed by atoms with Crippen molar-refractivity contribution in [3.63, 3.8) is 0 Å². The normalized spacial score (nSPS) is 16.8. The van der Waals surface area contributed by atoms with Crippen molar-refractivity contribution in [3.05, 3.63) is 52.0 Å². The first-order valence-corrected chi connectivity index (χ1v) is 12.3. The third kappa shape index (κ3) is 5.09. The first-order valence-electron chi connectivity index (χ1n) is 10.5. The number of amides is 1. The van der Waals surface area contributed by atoms with Gasteiger partial charge in [-0.15, -0.1) is 0 Å². The lowest BCUT2D eigenvalue weighted by atomic mass is 10.1. The van der Waals surface area contributed by atoms with Crippen molar-refractivity contribution in [2.45, 2.75) is 44.6 Å². The Balaban J connectivity index is 1.87. The van der Waals surface area contributed by atoms with E-state index in [0.29, 0.717) is 53.6 Å². The Morgan fingerprint density at radius 2 is 1.88 bits per heavy atom. The SMILES string of the molecule is COCCOc1c(Cl)cccc1NC(=O)C1CCCN1S(=O)(=O)c1c(C)cc(C)cc1C. The van der Waals surface area contributed by atoms with Crippen LogP contribution in [0.25, 0.3) is 0 Å². The van der Waals surface area contributed by atoms with Gasteiger partial charge < -0.3 is 14.8 Å². The van der Waals surface area contributed by atoms with Crippen LogP contribution in [0, 0.1) is 20.8 Å². The molecular formula is C23H29ClN2O5S. The molecule has 32 heavy (non-hydrogen) atoms. The maximum atomic E-state index is 13.5. The van der Waals surface area contributed by atoms with Gasteiger partial charge in [-0.05, 0) is 56.9 Å². The Labute approximate surface area is 194 Å². The topological polar surface area (TPSA) is 84.9 Å². The molecule has 1 N–H and O–H groups in total. The summed E-state index contributed by atoms with van der Waals surface area (Å²) in [6, 6.07) is 7.92. The molecule has 0 aromatic heterocycles. The summed E-state index contributed by atoms with van der Waals surface area (Å²) in [5, 5.41) is 3.16. The number of nitrogens with zero attached hydrogens (tertiary/aromatic N) is 1. The van der Waals surface area contributed by atoms with Gasteiger partial charge in [0.15, 0.2) is 5.75 Å². The Hall–Kier alpha value is -2.13. The minimum Gasteiger partial charge on any atom is -0.487 e. The highest BCUT2D eigenvalue weighted by molar-refractivity contribution is 7.89. The molecule has 1 saturated heterocycles. The van der Waals surface area contributed by atoms with Crippen LogP contribution < -0.4 is 10.1 Å². The van der Waals surface area contributed by atoms with Gasteiger partial charge >= 0.3 is 0 Å². The van der Waals surface area contributed by atoms with Crippen LogP contribution in [-0.4, -0.2) is 51.5 Å². The summed E-state index contributed by atoms with van der Waals surface area (Å²) in [6.07, 6.45) is 1.05. The van der Waals surface area contributed by atoms with Gasteiger partial charge in [-0.1, -0.05) is 35.4 Å². The van der Waals surface area contributed by atoms with Crippen LogP contribution in [-0.2, 0) is 19.6 Å². The molecule has 1 atom stereocenters. The molecule has 7 nitrogen and oxygen atoms in total. The zero-order valence-corrected chi connectivity index (χ0v) is 20.3. The quantitative estimate of drug-likeness (QED) is 0.575. The molecule has 1 heterocycles. The predicted octanol–water partition coefficient (Wildman–Crippen LogP) is 4.08. The standard InChI is InChI=1S/C23H29ClN2O5S/c1-15-13-16(2)22(17(3)14-15)32(28,29)26-10-6-9-20(26)23(27)25-19-8-5-7-18(24)21(19)31-12-11-30-4/h5,7-8,13-14,20H,6,9-12H2,1-4H3,(H,25,27). The summed E-state index contributed by atoms with van der Waals surface area (Å²) in [5.41, 5.74) is 2.75. The molecule has 1 aliphatic heterocycles. The van der Waals surface area contributed by atoms with Crippen LogP contribution in [0.1, 0.15) is 29.5 Å². The highest BCUT2D eigenvalue weighted by Gasteiger charge is 2.40. The van der Waals surface area contributed by atoms with Crippen LogP contribution in [0.2, 0.25) is 5.02 Å². The number of nitrogens with one attached hydrogen (secondary N) is 1. The molecule has 2 aromatic carbocycles. The zero-order chi connectivity index (χ0) is 23.5. The molecule has 0 saturated carbocycles. The Morgan fingerprint density at radius 3 is 2.53 bits per heavy atom. The molecule has 0 spiro atoms. The third-order valence-corrected chi connectivity index (χ3v) is 7.95. The van der Waals surface area contributed by atoms with Gasteiger partial charge in [0.25, 0.3) is 0 Å². The number of para-hydroxylation sites is 1. The van der Waals surface area contributed by atoms with Crippen LogP contribution in [0.15, 0.2) is 35.2 Å². The van der Waals surface area contributed by atoms with E-state index >= 15 is 0 Å². The van der Waals surface area contributed by atoms with Crippen molar-refractivity contribution in [1.29, 1.82) is 0 Å². The fraction of sp³-hybridized carbons (Fsp3) is 0.435. The number of carbonyl (C=O) groups excluding carboxylic acids is 1. The molecule has 0 aliphatic carbocycles. The second-order valence-electron chi connectivity index (χ2n) is 7.95. The van der Waals surface area contributed by atoms with Crippen molar-refractivity contribution >= 4 is 33.2 Å². The molecular weight excluding hydrogens is 452 g/mol. The highest BCUT2D eigenvalue weighted by atomic mass is 35.5. The average molecular weight is 481 g/mol. The summed E-state index contributed by atoms with van der Waals surface area (Å²) < 4.78 is 39.1. The van der Waals surface area contributed by atoms with E-state index in [1.165, 1.54) is 4.31 Å². The molecule has 3 rings (SSSR count). The van der Waals surface area contributed by atoms with E-state index in [-0.39, 0.29) is 11.5 Å². The third-order valence-electron chi connectivity index (χ3n) is 5.44. The van der Waals surface area contributed by atoms with Crippen molar-refractivity contribution in [2.24, 2.45) is 0 Å². The van der Waals surface area contributed by atoms with E-state index < -0.39 is 22.0 Å². The molecule has 0 bridgehead atoms. The van der Waals surface area contributed by atoms with Crippen molar-refractivity contribution in [2.75, 3.05) is 32.2 Å². The van der Waals surface area contributed by atoms with E-state index in [0.717, 1.165) is 5.56 Å². The molecule has 1 amide bonds. The number of ether oxygens (including phenoxy) is 2. The number of halogens is 1. The highest BCUT2D eigenvalue weighted by Crippen LogP contribution is 2.35. The second-order valence-corrected chi connectivity index (χ2v) is 10.2. The number of rotatable bonds is 8. The Morgan fingerprint density at radius 1 is 1.19 bits per heavy atom. The summed E-state index contributed by atoms with van der Waals surface area (Å²) in [4.78, 5) is 13.5. The van der Waals surface area contributed by atoms with E-state index in [1.807, 2.05) is 19.1 Å². The first-order chi connectivity index (χ1) is 15.2. The van der Waals surface area contributed by atoms with Crippen LogP contribution >= 0.6 is 11.6 Å². The molecule has 0 radical (unpaired) electrons. The summed E-state index contributed by atoms with van der Waals surface area (Å²) in [5.74, 6) is -0.0791. The molecule has 1 unspecified atom stereocenters. The number of hydrogen-bond donors (Lipinski definition) is 1.